The van der Waals surface area contributed by atoms with Gasteiger partial charge in [-0.15, -0.1) is 11.6 Å². The van der Waals surface area contributed by atoms with Crippen LogP contribution in [-0.4, -0.2) is 29.5 Å². The highest BCUT2D eigenvalue weighted by Crippen LogP contribution is 2.11. The second-order valence-corrected chi connectivity index (χ2v) is 5.26. The Balaban J connectivity index is 4.04. The Bertz CT molecular complexity index is 207. The molecule has 1 amide bonds. The minimum atomic E-state index is -0.333. The fourth-order valence-electron chi connectivity index (χ4n) is 0.871. The van der Waals surface area contributed by atoms with E-state index in [0.29, 0.717) is 5.88 Å². The predicted molar refractivity (Wildman–Crippen MR) is 63.3 cm³/mol. The standard InChI is InChI=1S/C11H22ClNO2/c1-6-11(5,8-12)13-9(14)7-15-10(2,3)4/h6-8H2,1-5H3,(H,13,14). The maximum Gasteiger partial charge on any atom is 0.246 e. The van der Waals surface area contributed by atoms with E-state index in [4.69, 9.17) is 16.3 Å². The van der Waals surface area contributed by atoms with Gasteiger partial charge in [-0.1, -0.05) is 6.92 Å². The third kappa shape index (κ3) is 6.74. The molecule has 0 fully saturated rings. The van der Waals surface area contributed by atoms with Crippen molar-refractivity contribution in [1.29, 1.82) is 0 Å². The van der Waals surface area contributed by atoms with E-state index in [2.05, 4.69) is 5.32 Å². The van der Waals surface area contributed by atoms with Crippen molar-refractivity contribution in [2.24, 2.45) is 0 Å². The van der Waals surface area contributed by atoms with Gasteiger partial charge in [0.05, 0.1) is 11.1 Å². The molecule has 0 rings (SSSR count). The third-order valence-corrected chi connectivity index (χ3v) is 2.74. The molecule has 0 aromatic heterocycles. The summed E-state index contributed by atoms with van der Waals surface area (Å²) in [6, 6.07) is 0. The number of carbonyl (C=O) groups excluding carboxylic acids is 1. The minimum Gasteiger partial charge on any atom is -0.366 e. The van der Waals surface area contributed by atoms with Crippen molar-refractivity contribution in [3.8, 4) is 0 Å². The Morgan fingerprint density at radius 1 is 1.33 bits per heavy atom. The van der Waals surface area contributed by atoms with E-state index in [1.54, 1.807) is 0 Å². The number of carbonyl (C=O) groups is 1. The minimum absolute atomic E-state index is 0.0793. The van der Waals surface area contributed by atoms with E-state index in [9.17, 15) is 4.79 Å². The van der Waals surface area contributed by atoms with Crippen molar-refractivity contribution in [3.05, 3.63) is 0 Å². The number of amides is 1. The van der Waals surface area contributed by atoms with Crippen LogP contribution in [0.15, 0.2) is 0 Å². The maximum atomic E-state index is 11.5. The van der Waals surface area contributed by atoms with Crippen molar-refractivity contribution in [1.82, 2.24) is 5.32 Å². The number of halogens is 1. The maximum absolute atomic E-state index is 11.5. The van der Waals surface area contributed by atoms with Gasteiger partial charge in [0.2, 0.25) is 5.91 Å². The van der Waals surface area contributed by atoms with Crippen molar-refractivity contribution in [3.63, 3.8) is 0 Å². The van der Waals surface area contributed by atoms with Gasteiger partial charge in [0.15, 0.2) is 0 Å². The molecular formula is C11H22ClNO2. The number of hydrogen-bond donors (Lipinski definition) is 1. The van der Waals surface area contributed by atoms with Crippen molar-refractivity contribution < 1.29 is 9.53 Å². The van der Waals surface area contributed by atoms with Crippen LogP contribution in [0.25, 0.3) is 0 Å². The van der Waals surface area contributed by atoms with E-state index < -0.39 is 0 Å². The van der Waals surface area contributed by atoms with E-state index in [-0.39, 0.29) is 23.7 Å². The largest absolute Gasteiger partial charge is 0.366 e. The number of alkyl halides is 1. The van der Waals surface area contributed by atoms with Crippen molar-refractivity contribution >= 4 is 17.5 Å². The summed E-state index contributed by atoms with van der Waals surface area (Å²) in [5.74, 6) is 0.292. The van der Waals surface area contributed by atoms with Crippen LogP contribution in [0.1, 0.15) is 41.0 Å². The van der Waals surface area contributed by atoms with Gasteiger partial charge in [-0.05, 0) is 34.1 Å². The molecule has 0 bridgehead atoms. The first-order chi connectivity index (χ1) is 6.72. The summed E-state index contributed by atoms with van der Waals surface area (Å²) in [6.07, 6.45) is 0.803. The molecule has 0 aliphatic heterocycles. The summed E-state index contributed by atoms with van der Waals surface area (Å²) >= 11 is 5.79. The molecular weight excluding hydrogens is 214 g/mol. The zero-order chi connectivity index (χ0) is 12.1. The van der Waals surface area contributed by atoms with E-state index >= 15 is 0 Å². The number of ether oxygens (including phenoxy) is 1. The first kappa shape index (κ1) is 14.7. The zero-order valence-corrected chi connectivity index (χ0v) is 11.1. The molecule has 0 spiro atoms. The number of rotatable bonds is 5. The lowest BCUT2D eigenvalue weighted by molar-refractivity contribution is -0.132. The third-order valence-electron chi connectivity index (χ3n) is 2.15. The van der Waals surface area contributed by atoms with Gasteiger partial charge in [0.1, 0.15) is 6.61 Å². The molecule has 1 unspecified atom stereocenters. The topological polar surface area (TPSA) is 38.3 Å². The van der Waals surface area contributed by atoms with Gasteiger partial charge in [-0.3, -0.25) is 4.79 Å². The lowest BCUT2D eigenvalue weighted by Gasteiger charge is -2.28. The molecule has 1 N–H and O–H groups in total. The Labute approximate surface area is 97.5 Å². The van der Waals surface area contributed by atoms with Crippen molar-refractivity contribution in [2.45, 2.75) is 52.2 Å². The highest BCUT2D eigenvalue weighted by molar-refractivity contribution is 6.18. The monoisotopic (exact) mass is 235 g/mol. The first-order valence-electron chi connectivity index (χ1n) is 5.23. The molecule has 0 saturated heterocycles. The molecule has 0 aliphatic carbocycles. The summed E-state index contributed by atoms with van der Waals surface area (Å²) in [7, 11) is 0. The Hall–Kier alpha value is -0.280. The second kappa shape index (κ2) is 5.71. The van der Waals surface area contributed by atoms with Crippen LogP contribution in [0.3, 0.4) is 0 Å². The van der Waals surface area contributed by atoms with Crippen LogP contribution in [0, 0.1) is 0 Å². The van der Waals surface area contributed by atoms with Gasteiger partial charge in [-0.2, -0.15) is 0 Å². The molecule has 0 aromatic rings. The van der Waals surface area contributed by atoms with Gasteiger partial charge in [-0.25, -0.2) is 0 Å². The number of nitrogens with one attached hydrogen (secondary N) is 1. The van der Waals surface area contributed by atoms with Crippen molar-refractivity contribution in [2.75, 3.05) is 12.5 Å². The molecule has 3 nitrogen and oxygen atoms in total. The lowest BCUT2D eigenvalue weighted by atomic mass is 10.0. The SMILES string of the molecule is CCC(C)(CCl)NC(=O)COC(C)(C)C. The Morgan fingerprint density at radius 3 is 2.20 bits per heavy atom. The van der Waals surface area contributed by atoms with E-state index in [1.165, 1.54) is 0 Å². The summed E-state index contributed by atoms with van der Waals surface area (Å²) < 4.78 is 5.37. The smallest absolute Gasteiger partial charge is 0.246 e. The van der Waals surface area contributed by atoms with E-state index in [0.717, 1.165) is 6.42 Å². The Kier molecular flexibility index (Phi) is 5.60. The molecule has 0 radical (unpaired) electrons. The highest BCUT2D eigenvalue weighted by atomic mass is 35.5. The zero-order valence-electron chi connectivity index (χ0n) is 10.3. The van der Waals surface area contributed by atoms with Crippen LogP contribution in [0.4, 0.5) is 0 Å². The molecule has 4 heteroatoms. The van der Waals surface area contributed by atoms with Gasteiger partial charge >= 0.3 is 0 Å². The quantitative estimate of drug-likeness (QED) is 0.743. The highest BCUT2D eigenvalue weighted by Gasteiger charge is 2.23. The average molecular weight is 236 g/mol. The summed E-state index contributed by atoms with van der Waals surface area (Å²) in [6.45, 7) is 9.75. The molecule has 90 valence electrons. The number of hydrogen-bond acceptors (Lipinski definition) is 2. The predicted octanol–water partition coefficient (Wildman–Crippen LogP) is 2.33. The van der Waals surface area contributed by atoms with Crippen LogP contribution in [0.5, 0.6) is 0 Å². The molecule has 0 saturated carbocycles. The fourth-order valence-corrected chi connectivity index (χ4v) is 1.13. The fraction of sp³-hybridized carbons (Fsp3) is 0.909. The first-order valence-corrected chi connectivity index (χ1v) is 5.77. The second-order valence-electron chi connectivity index (χ2n) is 5.00. The lowest BCUT2D eigenvalue weighted by Crippen LogP contribution is -2.49. The van der Waals surface area contributed by atoms with Crippen LogP contribution in [0.2, 0.25) is 0 Å². The van der Waals surface area contributed by atoms with Gasteiger partial charge in [0.25, 0.3) is 0 Å². The Morgan fingerprint density at radius 2 is 1.87 bits per heavy atom. The van der Waals surface area contributed by atoms with Crippen LogP contribution in [-0.2, 0) is 9.53 Å². The van der Waals surface area contributed by atoms with Crippen LogP contribution < -0.4 is 5.32 Å². The van der Waals surface area contributed by atoms with E-state index in [1.807, 2.05) is 34.6 Å². The summed E-state index contributed by atoms with van der Waals surface area (Å²) in [5.41, 5.74) is -0.624. The van der Waals surface area contributed by atoms with Gasteiger partial charge < -0.3 is 10.1 Å². The average Bonchev–Trinajstić information content (AvgIpc) is 2.13. The van der Waals surface area contributed by atoms with Crippen LogP contribution >= 0.6 is 11.6 Å². The molecule has 0 aromatic carbocycles. The van der Waals surface area contributed by atoms with Gasteiger partial charge in [0, 0.05) is 5.88 Å². The molecule has 1 atom stereocenters. The summed E-state index contributed by atoms with van der Waals surface area (Å²) in [5, 5.41) is 2.87. The normalized spacial score (nSPS) is 15.9. The molecule has 15 heavy (non-hydrogen) atoms. The molecule has 0 heterocycles. The molecule has 0 aliphatic rings. The summed E-state index contributed by atoms with van der Waals surface area (Å²) in [4.78, 5) is 11.5.